The van der Waals surface area contributed by atoms with Gasteiger partial charge in [-0.2, -0.15) is 26.3 Å². The highest BCUT2D eigenvalue weighted by atomic mass is 19.4. The highest BCUT2D eigenvalue weighted by Gasteiger charge is 2.38. The van der Waals surface area contributed by atoms with E-state index in [0.717, 1.165) is 12.1 Å². The molecule has 10 nitrogen and oxygen atoms in total. The fourth-order valence-electron chi connectivity index (χ4n) is 3.99. The Hall–Kier alpha value is -4.64. The van der Waals surface area contributed by atoms with Crippen molar-refractivity contribution in [2.24, 2.45) is 5.73 Å². The van der Waals surface area contributed by atoms with Crippen LogP contribution in [0.15, 0.2) is 30.5 Å². The number of amides is 2. The van der Waals surface area contributed by atoms with E-state index < -0.39 is 73.6 Å². The molecule has 0 bridgehead atoms. The van der Waals surface area contributed by atoms with Gasteiger partial charge in [-0.05, 0) is 49.9 Å². The first-order chi connectivity index (χ1) is 21.0. The number of primary amides is 1. The Morgan fingerprint density at radius 3 is 2.11 bits per heavy atom. The third-order valence-corrected chi connectivity index (χ3v) is 6.20. The van der Waals surface area contributed by atoms with Crippen LogP contribution in [0.2, 0.25) is 0 Å². The molecule has 254 valence electrons. The quantitative estimate of drug-likeness (QED) is 0.218. The molecule has 1 aromatic carbocycles. The number of carboxylic acids is 1. The summed E-state index contributed by atoms with van der Waals surface area (Å²) in [5.41, 5.74) is 4.27. The first-order valence-corrected chi connectivity index (χ1v) is 13.3. The van der Waals surface area contributed by atoms with Crippen molar-refractivity contribution in [3.05, 3.63) is 64.6 Å². The monoisotopic (exact) mass is 670 g/mol. The number of pyridine rings is 1. The zero-order valence-electron chi connectivity index (χ0n) is 24.8. The molecular formula is C28H30F8N4O6. The van der Waals surface area contributed by atoms with Crippen molar-refractivity contribution >= 4 is 23.6 Å². The van der Waals surface area contributed by atoms with Gasteiger partial charge in [-0.25, -0.2) is 23.4 Å². The Balaban J connectivity index is 0.000000942. The summed E-state index contributed by atoms with van der Waals surface area (Å²) >= 11 is 0. The molecule has 0 saturated heterocycles. The van der Waals surface area contributed by atoms with Gasteiger partial charge in [0.25, 0.3) is 5.91 Å². The number of rotatable bonds is 10. The molecule has 3 rings (SSSR count). The van der Waals surface area contributed by atoms with Crippen LogP contribution in [-0.2, 0) is 16.1 Å². The summed E-state index contributed by atoms with van der Waals surface area (Å²) in [5, 5.41) is 9.65. The Morgan fingerprint density at radius 1 is 1.07 bits per heavy atom. The van der Waals surface area contributed by atoms with Gasteiger partial charge in [-0.1, -0.05) is 19.9 Å². The number of hydrogen-bond acceptors (Lipinski definition) is 6. The van der Waals surface area contributed by atoms with Crippen molar-refractivity contribution in [3.8, 4) is 5.75 Å². The number of carbonyl (C=O) groups excluding carboxylic acids is 2. The van der Waals surface area contributed by atoms with E-state index in [4.69, 9.17) is 25.1 Å². The number of halogens is 8. The van der Waals surface area contributed by atoms with Gasteiger partial charge in [-0.3, -0.25) is 9.20 Å². The zero-order valence-corrected chi connectivity index (χ0v) is 24.8. The number of nitrogens with one attached hydrogen (secondary N) is 1. The van der Waals surface area contributed by atoms with E-state index in [1.807, 2.05) is 0 Å². The van der Waals surface area contributed by atoms with E-state index in [1.54, 1.807) is 33.0 Å². The maximum Gasteiger partial charge on any atom is 0.490 e. The van der Waals surface area contributed by atoms with E-state index in [-0.39, 0.29) is 28.6 Å². The molecule has 0 aliphatic heterocycles. The van der Waals surface area contributed by atoms with Crippen LogP contribution < -0.4 is 15.8 Å². The number of fused-ring (bicyclic) bond motifs is 1. The number of aliphatic carboxylic acids is 1. The number of hydrogen-bond donors (Lipinski definition) is 3. The summed E-state index contributed by atoms with van der Waals surface area (Å²) in [6, 6.07) is 5.04. The number of alkyl halides is 6. The second kappa shape index (κ2) is 14.6. The van der Waals surface area contributed by atoms with Gasteiger partial charge < -0.3 is 25.6 Å². The van der Waals surface area contributed by atoms with Crippen molar-refractivity contribution in [3.63, 3.8) is 0 Å². The minimum atomic E-state index is -5.08. The lowest BCUT2D eigenvalue weighted by Crippen LogP contribution is -2.46. The summed E-state index contributed by atoms with van der Waals surface area (Å²) < 4.78 is 111. The van der Waals surface area contributed by atoms with Crippen LogP contribution in [0.3, 0.4) is 0 Å². The van der Waals surface area contributed by atoms with Crippen molar-refractivity contribution in [2.45, 2.75) is 71.0 Å². The van der Waals surface area contributed by atoms with E-state index in [1.165, 1.54) is 17.4 Å². The van der Waals surface area contributed by atoms with Gasteiger partial charge in [0, 0.05) is 12.6 Å². The Labute approximate surface area is 256 Å². The summed E-state index contributed by atoms with van der Waals surface area (Å²) in [7, 11) is 0. The maximum absolute atomic E-state index is 14.1. The minimum Gasteiger partial charge on any atom is -0.485 e. The van der Waals surface area contributed by atoms with E-state index in [2.05, 4.69) is 10.3 Å². The molecular weight excluding hydrogens is 640 g/mol. The fraction of sp³-hybridized carbons (Fsp3) is 0.429. The predicted molar refractivity (Wildman–Crippen MR) is 145 cm³/mol. The van der Waals surface area contributed by atoms with Gasteiger partial charge in [0.05, 0.1) is 17.8 Å². The number of aryl methyl sites for hydroxylation is 1. The Morgan fingerprint density at radius 2 is 1.63 bits per heavy atom. The first-order valence-electron chi connectivity index (χ1n) is 13.3. The summed E-state index contributed by atoms with van der Waals surface area (Å²) in [4.78, 5) is 38.1. The fourth-order valence-corrected chi connectivity index (χ4v) is 3.99. The second-order valence-electron chi connectivity index (χ2n) is 10.5. The SMILES string of the molecule is Cc1cc(OCc2c(F)cccc2F)c2nc(C(C)C)c(C(=O)NCC(C)(CCC(F)(F)F)OC(N)=O)n2c1.O=C(O)C(F)(F)F. The average molecular weight is 671 g/mol. The molecule has 0 aliphatic rings. The largest absolute Gasteiger partial charge is 0.490 e. The molecule has 1 atom stereocenters. The third-order valence-electron chi connectivity index (χ3n) is 6.20. The molecule has 2 heterocycles. The van der Waals surface area contributed by atoms with Crippen LogP contribution in [-0.4, -0.2) is 57.0 Å². The molecule has 3 aromatic rings. The van der Waals surface area contributed by atoms with E-state index >= 15 is 0 Å². The molecule has 2 aromatic heterocycles. The molecule has 0 spiro atoms. The second-order valence-corrected chi connectivity index (χ2v) is 10.5. The van der Waals surface area contributed by atoms with Crippen molar-refractivity contribution in [1.82, 2.24) is 14.7 Å². The van der Waals surface area contributed by atoms with E-state index in [0.29, 0.717) is 11.3 Å². The van der Waals surface area contributed by atoms with Gasteiger partial charge in [0.1, 0.15) is 29.5 Å². The topological polar surface area (TPSA) is 145 Å². The molecule has 18 heteroatoms. The predicted octanol–water partition coefficient (Wildman–Crippen LogP) is 6.18. The lowest BCUT2D eigenvalue weighted by atomic mass is 9.99. The van der Waals surface area contributed by atoms with E-state index in [9.17, 15) is 44.7 Å². The summed E-state index contributed by atoms with van der Waals surface area (Å²) in [6.07, 6.45) is -11.2. The molecule has 46 heavy (non-hydrogen) atoms. The number of ether oxygens (including phenoxy) is 2. The highest BCUT2D eigenvalue weighted by molar-refractivity contribution is 5.95. The number of aromatic nitrogens is 2. The van der Waals surface area contributed by atoms with Gasteiger partial charge in [0.15, 0.2) is 11.4 Å². The van der Waals surface area contributed by atoms with Crippen LogP contribution in [0.4, 0.5) is 39.9 Å². The van der Waals surface area contributed by atoms with Crippen LogP contribution in [0.5, 0.6) is 5.75 Å². The number of benzene rings is 1. The Bertz CT molecular complexity index is 1550. The van der Waals surface area contributed by atoms with Crippen LogP contribution >= 0.6 is 0 Å². The number of nitrogens with zero attached hydrogens (tertiary/aromatic N) is 2. The van der Waals surface area contributed by atoms with Gasteiger partial charge in [0.2, 0.25) is 0 Å². The van der Waals surface area contributed by atoms with Gasteiger partial charge in [-0.15, -0.1) is 0 Å². The molecule has 0 saturated carbocycles. The van der Waals surface area contributed by atoms with Crippen molar-refractivity contribution in [2.75, 3.05) is 6.54 Å². The van der Waals surface area contributed by atoms with Crippen molar-refractivity contribution < 1.29 is 64.1 Å². The van der Waals surface area contributed by atoms with Gasteiger partial charge >= 0.3 is 24.4 Å². The number of imidazole rings is 1. The smallest absolute Gasteiger partial charge is 0.485 e. The molecule has 4 N–H and O–H groups in total. The normalized spacial score (nSPS) is 13.1. The lowest BCUT2D eigenvalue weighted by molar-refractivity contribution is -0.192. The van der Waals surface area contributed by atoms with Crippen molar-refractivity contribution in [1.29, 1.82) is 0 Å². The highest BCUT2D eigenvalue weighted by Crippen LogP contribution is 2.30. The van der Waals surface area contributed by atoms with Crippen LogP contribution in [0, 0.1) is 18.6 Å². The molecule has 0 fully saturated rings. The third kappa shape index (κ3) is 10.5. The first kappa shape index (κ1) is 37.5. The number of carbonyl (C=O) groups is 3. The Kier molecular flexibility index (Phi) is 11.9. The number of nitrogens with two attached hydrogens (primary N) is 1. The lowest BCUT2D eigenvalue weighted by Gasteiger charge is -2.29. The number of carboxylic acid groups (broad SMARTS) is 1. The zero-order chi connectivity index (χ0) is 35.2. The molecule has 1 unspecified atom stereocenters. The molecule has 2 amide bonds. The average Bonchev–Trinajstić information content (AvgIpc) is 3.29. The van der Waals surface area contributed by atoms with Crippen LogP contribution in [0.1, 0.15) is 66.8 Å². The summed E-state index contributed by atoms with van der Waals surface area (Å²) in [5.74, 6) is -5.14. The maximum atomic E-state index is 14.1. The standard InChI is InChI=1S/C26H29F5N4O4.C2HF3O2/c1-14(2)20-21(23(36)33-13-25(4,39-24(32)37)8-9-26(29,30)31)35-11-15(3)10-19(22(35)34-20)38-12-16-17(27)6-5-7-18(16)28;3-2(4,5)1(6)7/h5-7,10-11,14H,8-9,12-13H2,1-4H3,(H2,32,37)(H,33,36);(H,6,7). The minimum absolute atomic E-state index is 0.0721. The van der Waals surface area contributed by atoms with Crippen LogP contribution in [0.25, 0.3) is 5.65 Å². The molecule has 0 radical (unpaired) electrons. The molecule has 0 aliphatic carbocycles. The summed E-state index contributed by atoms with van der Waals surface area (Å²) in [6.45, 7) is 5.61.